The molecular weight excluding hydrogens is 190 g/mol. The summed E-state index contributed by atoms with van der Waals surface area (Å²) in [4.78, 5) is 18.9. The van der Waals surface area contributed by atoms with Gasteiger partial charge in [0.2, 0.25) is 0 Å². The van der Waals surface area contributed by atoms with Crippen LogP contribution in [0, 0.1) is 0 Å². The second-order valence-electron chi connectivity index (χ2n) is 2.57. The molecule has 0 bridgehead atoms. The Bertz CT molecular complexity index is 170. The summed E-state index contributed by atoms with van der Waals surface area (Å²) >= 11 is 0. The van der Waals surface area contributed by atoms with E-state index in [1.807, 2.05) is 0 Å². The number of aliphatic carboxylic acids is 1. The Morgan fingerprint density at radius 1 is 1.21 bits per heavy atom. The molecule has 0 aliphatic heterocycles. The van der Waals surface area contributed by atoms with E-state index < -0.39 is 18.1 Å². The number of carboxylic acid groups (broad SMARTS) is 2. The van der Waals surface area contributed by atoms with Gasteiger partial charge in [-0.25, -0.2) is 4.79 Å². The molecule has 7 heteroatoms. The largest absolute Gasteiger partial charge is 0.480 e. The smallest absolute Gasteiger partial charge is 0.402 e. The molecule has 0 aromatic heterocycles. The third-order valence-corrected chi connectivity index (χ3v) is 1.29. The predicted molar refractivity (Wildman–Crippen MR) is 50.7 cm³/mol. The molecule has 7 nitrogen and oxygen atoms in total. The Hall–Kier alpha value is -1.34. The molecule has 0 aromatic rings. The molecule has 1 unspecified atom stereocenters. The van der Waals surface area contributed by atoms with E-state index in [9.17, 15) is 4.79 Å². The van der Waals surface area contributed by atoms with E-state index in [-0.39, 0.29) is 0 Å². The van der Waals surface area contributed by atoms with Crippen LogP contribution >= 0.6 is 0 Å². The van der Waals surface area contributed by atoms with Crippen LogP contribution in [0.3, 0.4) is 0 Å². The third kappa shape index (κ3) is 17.0. The summed E-state index contributed by atoms with van der Waals surface area (Å²) in [7, 11) is 0. The van der Waals surface area contributed by atoms with E-state index in [0.717, 1.165) is 12.8 Å². The molecule has 0 aromatic carbocycles. The fourth-order valence-electron chi connectivity index (χ4n) is 0.632. The van der Waals surface area contributed by atoms with Crippen molar-refractivity contribution in [3.8, 4) is 0 Å². The second kappa shape index (κ2) is 9.75. The van der Waals surface area contributed by atoms with Gasteiger partial charge in [0.15, 0.2) is 0 Å². The third-order valence-electron chi connectivity index (χ3n) is 1.29. The van der Waals surface area contributed by atoms with Crippen LogP contribution in [-0.2, 0) is 4.79 Å². The number of unbranched alkanes of at least 4 members (excludes halogenated alkanes) is 1. The molecule has 0 rings (SSSR count). The highest BCUT2D eigenvalue weighted by molar-refractivity contribution is 5.72. The van der Waals surface area contributed by atoms with Crippen LogP contribution in [0.15, 0.2) is 0 Å². The Labute approximate surface area is 81.9 Å². The second-order valence-corrected chi connectivity index (χ2v) is 2.57. The first-order valence-electron chi connectivity index (χ1n) is 4.08. The summed E-state index contributed by atoms with van der Waals surface area (Å²) in [6, 6.07) is -0.716. The van der Waals surface area contributed by atoms with Gasteiger partial charge in [-0.05, 0) is 19.4 Å². The van der Waals surface area contributed by atoms with Crippen molar-refractivity contribution in [3.05, 3.63) is 0 Å². The molecule has 0 saturated carbocycles. The molecule has 0 spiro atoms. The highest BCUT2D eigenvalue weighted by Gasteiger charge is 2.09. The fourth-order valence-corrected chi connectivity index (χ4v) is 0.632. The molecule has 14 heavy (non-hydrogen) atoms. The molecule has 0 radical (unpaired) electrons. The Morgan fingerprint density at radius 3 is 1.93 bits per heavy atom. The van der Waals surface area contributed by atoms with Crippen molar-refractivity contribution in [1.82, 2.24) is 0 Å². The van der Waals surface area contributed by atoms with Crippen molar-refractivity contribution in [3.63, 3.8) is 0 Å². The number of nitrogens with two attached hydrogens (primary N) is 3. The van der Waals surface area contributed by atoms with E-state index in [2.05, 4.69) is 5.73 Å². The predicted octanol–water partition coefficient (Wildman–Crippen LogP) is -0.850. The van der Waals surface area contributed by atoms with E-state index in [1.54, 1.807) is 0 Å². The summed E-state index contributed by atoms with van der Waals surface area (Å²) < 4.78 is 0. The maximum Gasteiger partial charge on any atom is 0.402 e. The molecule has 8 N–H and O–H groups in total. The average molecular weight is 207 g/mol. The van der Waals surface area contributed by atoms with Gasteiger partial charge in [-0.15, -0.1) is 0 Å². The lowest BCUT2D eigenvalue weighted by atomic mass is 10.1. The van der Waals surface area contributed by atoms with Crippen LogP contribution in [0.5, 0.6) is 0 Å². The van der Waals surface area contributed by atoms with Gasteiger partial charge in [0.05, 0.1) is 0 Å². The standard InChI is InChI=1S/C6H14N2O2.CH3NO2/c7-4-2-1-3-5(8)6(9)10;2-1(3)4/h5H,1-4,7-8H2,(H,9,10);2H2,(H,3,4). The Kier molecular flexibility index (Phi) is 10.5. The molecule has 0 heterocycles. The van der Waals surface area contributed by atoms with Gasteiger partial charge < -0.3 is 27.4 Å². The summed E-state index contributed by atoms with van der Waals surface area (Å²) in [5.41, 5.74) is 14.4. The zero-order valence-electron chi connectivity index (χ0n) is 7.85. The zero-order chi connectivity index (χ0) is 11.6. The van der Waals surface area contributed by atoms with E-state index in [1.165, 1.54) is 0 Å². The molecular formula is C7H17N3O4. The first-order valence-corrected chi connectivity index (χ1v) is 4.08. The number of amides is 1. The van der Waals surface area contributed by atoms with Crippen LogP contribution in [0.1, 0.15) is 19.3 Å². The van der Waals surface area contributed by atoms with Crippen molar-refractivity contribution in [2.24, 2.45) is 17.2 Å². The van der Waals surface area contributed by atoms with Crippen molar-refractivity contribution < 1.29 is 19.8 Å². The number of rotatable bonds is 5. The lowest BCUT2D eigenvalue weighted by Gasteiger charge is -2.03. The first-order chi connectivity index (χ1) is 6.41. The van der Waals surface area contributed by atoms with Crippen molar-refractivity contribution in [1.29, 1.82) is 0 Å². The number of primary amides is 1. The van der Waals surface area contributed by atoms with Crippen LogP contribution in [0.25, 0.3) is 0 Å². The highest BCUT2D eigenvalue weighted by Crippen LogP contribution is 1.96. The SMILES string of the molecule is NC(=O)O.NCCCCC(N)C(=O)O. The molecule has 1 atom stereocenters. The zero-order valence-corrected chi connectivity index (χ0v) is 7.85. The maximum atomic E-state index is 10.1. The number of carbonyl (C=O) groups is 2. The van der Waals surface area contributed by atoms with Crippen LogP contribution < -0.4 is 17.2 Å². The minimum absolute atomic E-state index is 0.520. The quantitative estimate of drug-likeness (QED) is 0.370. The summed E-state index contributed by atoms with van der Waals surface area (Å²) in [6.45, 7) is 0.604. The van der Waals surface area contributed by atoms with Crippen LogP contribution in [0.2, 0.25) is 0 Å². The highest BCUT2D eigenvalue weighted by atomic mass is 16.4. The summed E-state index contributed by atoms with van der Waals surface area (Å²) in [6.07, 6.45) is 0.831. The van der Waals surface area contributed by atoms with E-state index in [4.69, 9.17) is 26.5 Å². The van der Waals surface area contributed by atoms with Gasteiger partial charge in [-0.2, -0.15) is 0 Å². The number of hydrogen-bond acceptors (Lipinski definition) is 4. The van der Waals surface area contributed by atoms with Gasteiger partial charge in [0.1, 0.15) is 6.04 Å². The maximum absolute atomic E-state index is 10.1. The molecule has 84 valence electrons. The summed E-state index contributed by atoms with van der Waals surface area (Å²) in [5, 5.41) is 15.5. The molecule has 0 aliphatic carbocycles. The topological polar surface area (TPSA) is 153 Å². The lowest BCUT2D eigenvalue weighted by molar-refractivity contribution is -0.138. The van der Waals surface area contributed by atoms with Crippen molar-refractivity contribution in [2.45, 2.75) is 25.3 Å². The number of hydrogen-bond donors (Lipinski definition) is 5. The van der Waals surface area contributed by atoms with Gasteiger partial charge >= 0.3 is 12.1 Å². The van der Waals surface area contributed by atoms with Crippen LogP contribution in [-0.4, -0.2) is 34.9 Å². The monoisotopic (exact) mass is 207 g/mol. The number of carboxylic acids is 1. The van der Waals surface area contributed by atoms with E-state index in [0.29, 0.717) is 13.0 Å². The molecule has 0 aliphatic rings. The van der Waals surface area contributed by atoms with Crippen molar-refractivity contribution >= 4 is 12.1 Å². The summed E-state index contributed by atoms with van der Waals surface area (Å²) in [5.74, 6) is -0.933. The van der Waals surface area contributed by atoms with Gasteiger partial charge in [0.25, 0.3) is 0 Å². The fraction of sp³-hybridized carbons (Fsp3) is 0.714. The average Bonchev–Trinajstić information content (AvgIpc) is 2.03. The molecule has 1 amide bonds. The molecule has 0 saturated heterocycles. The van der Waals surface area contributed by atoms with Gasteiger partial charge in [-0.3, -0.25) is 4.79 Å². The van der Waals surface area contributed by atoms with E-state index >= 15 is 0 Å². The normalized spacial score (nSPS) is 11.0. The first kappa shape index (κ1) is 15.1. The minimum Gasteiger partial charge on any atom is -0.480 e. The van der Waals surface area contributed by atoms with Gasteiger partial charge in [-0.1, -0.05) is 6.42 Å². The Balaban J connectivity index is 0. The van der Waals surface area contributed by atoms with Crippen LogP contribution in [0.4, 0.5) is 4.79 Å². The molecule has 0 fully saturated rings. The van der Waals surface area contributed by atoms with Crippen molar-refractivity contribution in [2.75, 3.05) is 6.54 Å². The minimum atomic E-state index is -1.33. The van der Waals surface area contributed by atoms with Gasteiger partial charge in [0, 0.05) is 0 Å². The lowest BCUT2D eigenvalue weighted by Crippen LogP contribution is -2.29. The Morgan fingerprint density at radius 2 is 1.64 bits per heavy atom.